The molecule has 0 radical (unpaired) electrons. The molecule has 0 spiro atoms. The molecule has 2 aromatic rings. The maximum absolute atomic E-state index is 12.7. The number of carbonyl (C=O) groups is 2. The average Bonchev–Trinajstić information content (AvgIpc) is 3.18. The van der Waals surface area contributed by atoms with E-state index in [0.717, 1.165) is 22.2 Å². The van der Waals surface area contributed by atoms with Crippen molar-refractivity contribution in [3.63, 3.8) is 0 Å². The summed E-state index contributed by atoms with van der Waals surface area (Å²) in [6, 6.07) is 15.4. The number of methoxy groups -OCH3 is 3. The Morgan fingerprint density at radius 1 is 1.00 bits per heavy atom. The van der Waals surface area contributed by atoms with E-state index in [-0.39, 0.29) is 20.9 Å². The van der Waals surface area contributed by atoms with Crippen molar-refractivity contribution in [2.75, 3.05) is 21.3 Å². The fraction of sp³-hybridized carbons (Fsp3) is 0.304. The van der Waals surface area contributed by atoms with E-state index in [1.807, 2.05) is 48.5 Å². The Hall–Kier alpha value is -2.27. The van der Waals surface area contributed by atoms with Crippen LogP contribution in [-0.2, 0) is 19.1 Å². The minimum atomic E-state index is -1.43. The van der Waals surface area contributed by atoms with Crippen LogP contribution in [0.3, 0.4) is 0 Å². The van der Waals surface area contributed by atoms with Gasteiger partial charge in [-0.15, -0.1) is 0 Å². The number of esters is 2. The molecule has 0 amide bonds. The molecule has 0 aromatic heterocycles. The first-order valence-electron chi connectivity index (χ1n) is 9.36. The van der Waals surface area contributed by atoms with Crippen molar-refractivity contribution in [1.82, 2.24) is 0 Å². The molecule has 0 saturated heterocycles. The SMILES string of the molecule is COC(=O)C1(C(=O)OC)C=C(c2ccc(OC)cc2)C(C[Se]c2ccc(Cl)cc2)C1. The van der Waals surface area contributed by atoms with Gasteiger partial charge in [0, 0.05) is 0 Å². The Bertz CT molecular complexity index is 921. The van der Waals surface area contributed by atoms with Gasteiger partial charge in [-0.05, 0) is 0 Å². The molecule has 0 bridgehead atoms. The predicted octanol–water partition coefficient (Wildman–Crippen LogP) is 3.53. The summed E-state index contributed by atoms with van der Waals surface area (Å²) in [6.07, 6.45) is 2.05. The molecule has 5 nitrogen and oxygen atoms in total. The molecule has 7 heteroatoms. The quantitative estimate of drug-likeness (QED) is 0.335. The number of hydrogen-bond acceptors (Lipinski definition) is 5. The van der Waals surface area contributed by atoms with Crippen molar-refractivity contribution < 1.29 is 23.8 Å². The van der Waals surface area contributed by atoms with Crippen LogP contribution in [0.25, 0.3) is 5.57 Å². The van der Waals surface area contributed by atoms with Crippen LogP contribution in [0.4, 0.5) is 0 Å². The molecular weight excluding hydrogens is 471 g/mol. The van der Waals surface area contributed by atoms with Crippen LogP contribution in [0.5, 0.6) is 5.75 Å². The first-order valence-corrected chi connectivity index (χ1v) is 11.8. The second kappa shape index (κ2) is 9.69. The summed E-state index contributed by atoms with van der Waals surface area (Å²) in [4.78, 5) is 25.3. The topological polar surface area (TPSA) is 61.8 Å². The number of allylic oxidation sites excluding steroid dienone is 1. The molecule has 0 fully saturated rings. The number of hydrogen-bond donors (Lipinski definition) is 0. The number of ether oxygens (including phenoxy) is 3. The molecular formula is C23H23ClO5Se. The Labute approximate surface area is 187 Å². The van der Waals surface area contributed by atoms with Crippen molar-refractivity contribution >= 4 is 48.5 Å². The third-order valence-electron chi connectivity index (χ3n) is 5.20. The van der Waals surface area contributed by atoms with Crippen LogP contribution >= 0.6 is 11.6 Å². The van der Waals surface area contributed by atoms with E-state index in [4.69, 9.17) is 25.8 Å². The van der Waals surface area contributed by atoms with Crippen molar-refractivity contribution in [3.05, 3.63) is 65.2 Å². The van der Waals surface area contributed by atoms with E-state index in [9.17, 15) is 9.59 Å². The molecule has 1 aliphatic carbocycles. The van der Waals surface area contributed by atoms with E-state index in [1.54, 1.807) is 13.2 Å². The zero-order valence-corrected chi connectivity index (χ0v) is 19.5. The molecule has 0 saturated carbocycles. The van der Waals surface area contributed by atoms with Crippen molar-refractivity contribution in [2.45, 2.75) is 11.7 Å². The first-order chi connectivity index (χ1) is 14.4. The van der Waals surface area contributed by atoms with Gasteiger partial charge in [-0.3, -0.25) is 0 Å². The van der Waals surface area contributed by atoms with Crippen molar-refractivity contribution in [2.24, 2.45) is 11.3 Å². The summed E-state index contributed by atoms with van der Waals surface area (Å²) in [6.45, 7) is 0. The van der Waals surface area contributed by atoms with E-state index in [0.29, 0.717) is 11.4 Å². The van der Waals surface area contributed by atoms with Crippen LogP contribution in [0, 0.1) is 11.3 Å². The summed E-state index contributed by atoms with van der Waals surface area (Å²) in [5.41, 5.74) is 0.464. The van der Waals surface area contributed by atoms with Gasteiger partial charge in [0.2, 0.25) is 0 Å². The summed E-state index contributed by atoms with van der Waals surface area (Å²) in [5, 5.41) is 1.52. The summed E-state index contributed by atoms with van der Waals surface area (Å²) >= 11 is 6.13. The van der Waals surface area contributed by atoms with E-state index in [1.165, 1.54) is 18.7 Å². The van der Waals surface area contributed by atoms with Crippen LogP contribution in [0.1, 0.15) is 12.0 Å². The fourth-order valence-corrected chi connectivity index (χ4v) is 5.92. The summed E-state index contributed by atoms with van der Waals surface area (Å²) in [7, 11) is 4.19. The predicted molar refractivity (Wildman–Crippen MR) is 117 cm³/mol. The van der Waals surface area contributed by atoms with Gasteiger partial charge >= 0.3 is 188 Å². The Kier molecular flexibility index (Phi) is 7.24. The van der Waals surface area contributed by atoms with Crippen molar-refractivity contribution in [3.8, 4) is 5.75 Å². The third kappa shape index (κ3) is 4.56. The van der Waals surface area contributed by atoms with E-state index < -0.39 is 17.4 Å². The van der Waals surface area contributed by atoms with Gasteiger partial charge in [-0.2, -0.15) is 0 Å². The monoisotopic (exact) mass is 494 g/mol. The summed E-state index contributed by atoms with van der Waals surface area (Å²) < 4.78 is 16.4. The maximum atomic E-state index is 12.7. The molecule has 1 atom stereocenters. The fourth-order valence-electron chi connectivity index (χ4n) is 3.65. The molecule has 2 aromatic carbocycles. The standard InChI is InChI=1S/C23H23ClO5Se/c1-27-18-8-4-15(5-9-18)20-13-23(21(25)28-2,22(26)29-3)12-16(20)14-30-19-10-6-17(24)7-11-19/h4-11,13,16H,12,14H2,1-3H3. The zero-order valence-electron chi connectivity index (χ0n) is 17.0. The van der Waals surface area contributed by atoms with Gasteiger partial charge in [-0.1, -0.05) is 0 Å². The number of carbonyl (C=O) groups excluding carboxylic acids is 2. The molecule has 158 valence electrons. The average molecular weight is 494 g/mol. The molecule has 0 N–H and O–H groups in total. The number of halogens is 1. The molecule has 3 rings (SSSR count). The van der Waals surface area contributed by atoms with Gasteiger partial charge < -0.3 is 0 Å². The van der Waals surface area contributed by atoms with Crippen LogP contribution in [0.2, 0.25) is 10.3 Å². The van der Waals surface area contributed by atoms with Crippen molar-refractivity contribution in [1.29, 1.82) is 0 Å². The van der Waals surface area contributed by atoms with Gasteiger partial charge in [0.15, 0.2) is 0 Å². The molecule has 1 unspecified atom stereocenters. The van der Waals surface area contributed by atoms with E-state index in [2.05, 4.69) is 0 Å². The zero-order chi connectivity index (χ0) is 21.7. The Balaban J connectivity index is 1.96. The second-order valence-electron chi connectivity index (χ2n) is 6.95. The Morgan fingerprint density at radius 3 is 2.13 bits per heavy atom. The molecule has 1 aliphatic rings. The molecule has 0 heterocycles. The summed E-state index contributed by atoms with van der Waals surface area (Å²) in [5.74, 6) is -0.442. The van der Waals surface area contributed by atoms with Crippen LogP contribution in [0.15, 0.2) is 54.6 Å². The van der Waals surface area contributed by atoms with Crippen LogP contribution in [-0.4, -0.2) is 48.2 Å². The minimum absolute atomic E-state index is 0.00673. The normalized spacial score (nSPS) is 17.2. The van der Waals surface area contributed by atoms with Gasteiger partial charge in [0.25, 0.3) is 0 Å². The van der Waals surface area contributed by atoms with Gasteiger partial charge in [0.05, 0.1) is 0 Å². The van der Waals surface area contributed by atoms with E-state index >= 15 is 0 Å². The Morgan fingerprint density at radius 2 is 1.60 bits per heavy atom. The second-order valence-corrected chi connectivity index (χ2v) is 9.68. The molecule has 0 aliphatic heterocycles. The van der Waals surface area contributed by atoms with Crippen LogP contribution < -0.4 is 9.20 Å². The first kappa shape index (κ1) is 22.4. The number of benzene rings is 2. The van der Waals surface area contributed by atoms with Gasteiger partial charge in [-0.25, -0.2) is 0 Å². The molecule has 30 heavy (non-hydrogen) atoms. The number of rotatable bonds is 7. The van der Waals surface area contributed by atoms with Gasteiger partial charge in [0.1, 0.15) is 0 Å². The third-order valence-corrected chi connectivity index (χ3v) is 7.91.